The van der Waals surface area contributed by atoms with Crippen LogP contribution in [0.2, 0.25) is 5.02 Å². The molecule has 3 rings (SSSR count). The van der Waals surface area contributed by atoms with E-state index in [-0.39, 0.29) is 5.75 Å². The van der Waals surface area contributed by atoms with Gasteiger partial charge in [-0.05, 0) is 54.4 Å². The molecular weight excluding hydrogens is 278 g/mol. The first-order valence-electron chi connectivity index (χ1n) is 6.20. The highest BCUT2D eigenvalue weighted by Crippen LogP contribution is 2.31. The number of halogens is 1. The number of anilines is 1. The molecule has 5 heteroatoms. The number of amides is 1. The lowest BCUT2D eigenvalue weighted by atomic mass is 10.1. The van der Waals surface area contributed by atoms with Crippen molar-refractivity contribution in [2.75, 3.05) is 11.4 Å². The second-order valence-corrected chi connectivity index (χ2v) is 4.97. The Kier molecular flexibility index (Phi) is 3.24. The van der Waals surface area contributed by atoms with Gasteiger partial charge in [0, 0.05) is 11.6 Å². The summed E-state index contributed by atoms with van der Waals surface area (Å²) in [5, 5.41) is 10.0. The smallest absolute Gasteiger partial charge is 0.419 e. The number of phenols is 1. The van der Waals surface area contributed by atoms with E-state index in [9.17, 15) is 9.90 Å². The molecule has 0 radical (unpaired) electrons. The van der Waals surface area contributed by atoms with E-state index in [1.54, 1.807) is 47.4 Å². The first-order chi connectivity index (χ1) is 9.63. The Labute approximate surface area is 121 Å². The van der Waals surface area contributed by atoms with Crippen molar-refractivity contribution in [3.63, 3.8) is 0 Å². The molecule has 0 spiro atoms. The van der Waals surface area contributed by atoms with Crippen molar-refractivity contribution in [2.24, 2.45) is 0 Å². The van der Waals surface area contributed by atoms with Crippen LogP contribution in [-0.2, 0) is 6.42 Å². The zero-order valence-electron chi connectivity index (χ0n) is 10.5. The van der Waals surface area contributed by atoms with Gasteiger partial charge in [-0.15, -0.1) is 0 Å². The zero-order chi connectivity index (χ0) is 14.1. The Morgan fingerprint density at radius 1 is 1.20 bits per heavy atom. The summed E-state index contributed by atoms with van der Waals surface area (Å²) in [6, 6.07) is 11.6. The maximum Gasteiger partial charge on any atom is 0.419 e. The van der Waals surface area contributed by atoms with Crippen LogP contribution in [0.5, 0.6) is 11.5 Å². The predicted octanol–water partition coefficient (Wildman–Crippen LogP) is 3.61. The van der Waals surface area contributed by atoms with E-state index in [4.69, 9.17) is 16.3 Å². The molecule has 0 aromatic heterocycles. The van der Waals surface area contributed by atoms with Gasteiger partial charge in [0.05, 0.1) is 5.69 Å². The molecule has 1 heterocycles. The molecular formula is C15H12ClNO3. The average molecular weight is 290 g/mol. The molecule has 0 fully saturated rings. The average Bonchev–Trinajstić information content (AvgIpc) is 2.84. The molecule has 0 atom stereocenters. The van der Waals surface area contributed by atoms with Gasteiger partial charge in [0.2, 0.25) is 0 Å². The largest absolute Gasteiger partial charge is 0.508 e. The number of rotatable bonds is 1. The second-order valence-electron chi connectivity index (χ2n) is 4.54. The van der Waals surface area contributed by atoms with Crippen LogP contribution in [-0.4, -0.2) is 17.7 Å². The van der Waals surface area contributed by atoms with Crippen molar-refractivity contribution in [3.05, 3.63) is 53.1 Å². The van der Waals surface area contributed by atoms with E-state index in [0.29, 0.717) is 23.7 Å². The number of ether oxygens (including phenoxy) is 1. The van der Waals surface area contributed by atoms with Gasteiger partial charge < -0.3 is 9.84 Å². The number of aromatic hydroxyl groups is 1. The summed E-state index contributed by atoms with van der Waals surface area (Å²) in [5.41, 5.74) is 1.72. The number of benzene rings is 2. The summed E-state index contributed by atoms with van der Waals surface area (Å²) >= 11 is 5.78. The van der Waals surface area contributed by atoms with Crippen LogP contribution in [0.25, 0.3) is 0 Å². The van der Waals surface area contributed by atoms with E-state index in [2.05, 4.69) is 0 Å². The Hall–Kier alpha value is -2.20. The lowest BCUT2D eigenvalue weighted by Gasteiger charge is -2.16. The molecule has 4 nitrogen and oxygen atoms in total. The standard InChI is InChI=1S/C15H12ClNO3/c16-11-1-4-13(5-2-11)20-15(19)17-8-7-10-9-12(18)3-6-14(10)17/h1-6,9,18H,7-8H2. The van der Waals surface area contributed by atoms with E-state index in [1.165, 1.54) is 0 Å². The number of phenolic OH excluding ortho intramolecular Hbond substituents is 1. The topological polar surface area (TPSA) is 49.8 Å². The van der Waals surface area contributed by atoms with Crippen LogP contribution in [0, 0.1) is 0 Å². The molecule has 0 bridgehead atoms. The summed E-state index contributed by atoms with van der Waals surface area (Å²) in [6.07, 6.45) is 0.274. The highest BCUT2D eigenvalue weighted by atomic mass is 35.5. The summed E-state index contributed by atoms with van der Waals surface area (Å²) in [7, 11) is 0. The lowest BCUT2D eigenvalue weighted by molar-refractivity contribution is 0.208. The maximum absolute atomic E-state index is 12.2. The van der Waals surface area contributed by atoms with Crippen molar-refractivity contribution in [3.8, 4) is 11.5 Å². The van der Waals surface area contributed by atoms with Crippen molar-refractivity contribution in [2.45, 2.75) is 6.42 Å². The molecule has 1 aliphatic rings. The van der Waals surface area contributed by atoms with Gasteiger partial charge in [0.1, 0.15) is 11.5 Å². The Balaban J connectivity index is 1.78. The normalized spacial score (nSPS) is 13.2. The lowest BCUT2D eigenvalue weighted by Crippen LogP contribution is -2.31. The fraction of sp³-hybridized carbons (Fsp3) is 0.133. The number of fused-ring (bicyclic) bond motifs is 1. The molecule has 0 unspecified atom stereocenters. The van der Waals surface area contributed by atoms with Gasteiger partial charge in [-0.25, -0.2) is 4.79 Å². The van der Waals surface area contributed by atoms with Gasteiger partial charge in [-0.3, -0.25) is 4.90 Å². The van der Waals surface area contributed by atoms with E-state index < -0.39 is 6.09 Å². The van der Waals surface area contributed by atoms with E-state index >= 15 is 0 Å². The van der Waals surface area contributed by atoms with Crippen molar-refractivity contribution in [1.82, 2.24) is 0 Å². The van der Waals surface area contributed by atoms with Crippen molar-refractivity contribution >= 4 is 23.4 Å². The fourth-order valence-electron chi connectivity index (χ4n) is 2.24. The first kappa shape index (κ1) is 12.8. The minimum Gasteiger partial charge on any atom is -0.508 e. The number of carbonyl (C=O) groups is 1. The van der Waals surface area contributed by atoms with Crippen LogP contribution >= 0.6 is 11.6 Å². The maximum atomic E-state index is 12.2. The van der Waals surface area contributed by atoms with E-state index in [0.717, 1.165) is 11.3 Å². The molecule has 0 saturated heterocycles. The molecule has 1 aliphatic heterocycles. The predicted molar refractivity (Wildman–Crippen MR) is 76.6 cm³/mol. The van der Waals surface area contributed by atoms with Gasteiger partial charge >= 0.3 is 6.09 Å². The minimum atomic E-state index is -0.434. The first-order valence-corrected chi connectivity index (χ1v) is 6.58. The number of nitrogens with zero attached hydrogens (tertiary/aromatic N) is 1. The number of hydrogen-bond acceptors (Lipinski definition) is 3. The number of hydrogen-bond donors (Lipinski definition) is 1. The van der Waals surface area contributed by atoms with E-state index in [1.807, 2.05) is 0 Å². The zero-order valence-corrected chi connectivity index (χ0v) is 11.3. The third kappa shape index (κ3) is 2.42. The van der Waals surface area contributed by atoms with Crippen LogP contribution in [0.15, 0.2) is 42.5 Å². The van der Waals surface area contributed by atoms with Gasteiger partial charge in [-0.2, -0.15) is 0 Å². The highest BCUT2D eigenvalue weighted by molar-refractivity contribution is 6.30. The Morgan fingerprint density at radius 3 is 2.70 bits per heavy atom. The summed E-state index contributed by atoms with van der Waals surface area (Å²) in [6.45, 7) is 0.547. The Morgan fingerprint density at radius 2 is 1.95 bits per heavy atom. The third-order valence-corrected chi connectivity index (χ3v) is 3.45. The molecule has 0 aliphatic carbocycles. The molecule has 102 valence electrons. The Bertz CT molecular complexity index is 655. The molecule has 20 heavy (non-hydrogen) atoms. The minimum absolute atomic E-state index is 0.205. The molecule has 2 aromatic rings. The molecule has 1 amide bonds. The van der Waals surface area contributed by atoms with Crippen molar-refractivity contribution in [1.29, 1.82) is 0 Å². The SMILES string of the molecule is O=C(Oc1ccc(Cl)cc1)N1CCc2cc(O)ccc21. The summed E-state index contributed by atoms with van der Waals surface area (Å²) in [4.78, 5) is 13.7. The summed E-state index contributed by atoms with van der Waals surface area (Å²) < 4.78 is 5.31. The van der Waals surface area contributed by atoms with Crippen LogP contribution < -0.4 is 9.64 Å². The summed E-state index contributed by atoms with van der Waals surface area (Å²) in [5.74, 6) is 0.656. The van der Waals surface area contributed by atoms with Crippen LogP contribution in [0.4, 0.5) is 10.5 Å². The monoisotopic (exact) mass is 289 g/mol. The van der Waals surface area contributed by atoms with Crippen LogP contribution in [0.1, 0.15) is 5.56 Å². The highest BCUT2D eigenvalue weighted by Gasteiger charge is 2.26. The van der Waals surface area contributed by atoms with Gasteiger partial charge in [-0.1, -0.05) is 11.6 Å². The molecule has 2 aromatic carbocycles. The molecule has 0 saturated carbocycles. The molecule has 1 N–H and O–H groups in total. The number of carbonyl (C=O) groups excluding carboxylic acids is 1. The third-order valence-electron chi connectivity index (χ3n) is 3.20. The second kappa shape index (κ2) is 5.06. The van der Waals surface area contributed by atoms with Gasteiger partial charge in [0.15, 0.2) is 0 Å². The van der Waals surface area contributed by atoms with Crippen LogP contribution in [0.3, 0.4) is 0 Å². The van der Waals surface area contributed by atoms with Gasteiger partial charge in [0.25, 0.3) is 0 Å². The fourth-order valence-corrected chi connectivity index (χ4v) is 2.36. The van der Waals surface area contributed by atoms with Crippen molar-refractivity contribution < 1.29 is 14.6 Å². The quantitative estimate of drug-likeness (QED) is 0.872.